The first-order chi connectivity index (χ1) is 10.6. The van der Waals surface area contributed by atoms with Gasteiger partial charge in [-0.1, -0.05) is 0 Å². The van der Waals surface area contributed by atoms with Crippen molar-refractivity contribution in [3.63, 3.8) is 0 Å². The average Bonchev–Trinajstić information content (AvgIpc) is 2.89. The van der Waals surface area contributed by atoms with E-state index in [1.807, 2.05) is 17.6 Å². The molecule has 2 aromatic heterocycles. The lowest BCUT2D eigenvalue weighted by atomic mass is 10.1. The fourth-order valence-corrected chi connectivity index (χ4v) is 2.98. The minimum Gasteiger partial charge on any atom is -0.341 e. The maximum Gasteiger partial charge on any atom is 0.280 e. The summed E-state index contributed by atoms with van der Waals surface area (Å²) >= 11 is 0. The van der Waals surface area contributed by atoms with Gasteiger partial charge in [-0.15, -0.1) is 0 Å². The van der Waals surface area contributed by atoms with Crippen LogP contribution in [0.5, 0.6) is 0 Å². The van der Waals surface area contributed by atoms with Gasteiger partial charge >= 0.3 is 0 Å². The molecule has 1 atom stereocenters. The van der Waals surface area contributed by atoms with Gasteiger partial charge in [-0.2, -0.15) is 15.2 Å². The molecule has 2 N–H and O–H groups in total. The zero-order valence-electron chi connectivity index (χ0n) is 12.8. The second kappa shape index (κ2) is 5.42. The molecule has 1 unspecified atom stereocenters. The van der Waals surface area contributed by atoms with Crippen LogP contribution in [0, 0.1) is 11.3 Å². The van der Waals surface area contributed by atoms with Crippen molar-refractivity contribution in [2.75, 3.05) is 18.0 Å². The van der Waals surface area contributed by atoms with Gasteiger partial charge in [0, 0.05) is 32.7 Å². The van der Waals surface area contributed by atoms with Crippen LogP contribution in [-0.2, 0) is 13.6 Å². The van der Waals surface area contributed by atoms with Crippen LogP contribution in [0.1, 0.15) is 25.6 Å². The first-order valence-corrected chi connectivity index (χ1v) is 7.44. The molecule has 1 saturated heterocycles. The third-order valence-electron chi connectivity index (χ3n) is 4.12. The van der Waals surface area contributed by atoms with Crippen molar-refractivity contribution in [2.45, 2.75) is 32.4 Å². The molecule has 0 aromatic carbocycles. The second-order valence-electron chi connectivity index (χ2n) is 5.59. The smallest absolute Gasteiger partial charge is 0.280 e. The highest BCUT2D eigenvalue weighted by Crippen LogP contribution is 2.22. The molecule has 0 aliphatic carbocycles. The SMILES string of the molecule is CCn1c(N2CCCC(N)C2)nc2nc(C#N)n(C)c(=O)c21. The molecule has 1 aliphatic rings. The van der Waals surface area contributed by atoms with Crippen LogP contribution in [0.15, 0.2) is 4.79 Å². The number of hydrogen-bond acceptors (Lipinski definition) is 6. The van der Waals surface area contributed by atoms with Gasteiger partial charge in [0.25, 0.3) is 5.56 Å². The van der Waals surface area contributed by atoms with Gasteiger partial charge in [-0.05, 0) is 19.8 Å². The topological polar surface area (TPSA) is 106 Å². The van der Waals surface area contributed by atoms with E-state index in [1.165, 1.54) is 4.57 Å². The lowest BCUT2D eigenvalue weighted by Crippen LogP contribution is -2.44. The Morgan fingerprint density at radius 1 is 1.45 bits per heavy atom. The Labute approximate surface area is 127 Å². The van der Waals surface area contributed by atoms with Gasteiger partial charge in [-0.25, -0.2) is 0 Å². The first kappa shape index (κ1) is 14.5. The monoisotopic (exact) mass is 301 g/mol. The molecule has 0 saturated carbocycles. The maximum atomic E-state index is 12.5. The number of anilines is 1. The fraction of sp³-hybridized carbons (Fsp3) is 0.571. The predicted molar refractivity (Wildman–Crippen MR) is 82.6 cm³/mol. The molecule has 8 nitrogen and oxygen atoms in total. The average molecular weight is 301 g/mol. The Morgan fingerprint density at radius 2 is 2.23 bits per heavy atom. The van der Waals surface area contributed by atoms with E-state index in [0.29, 0.717) is 23.7 Å². The molecule has 8 heteroatoms. The van der Waals surface area contributed by atoms with Crippen molar-refractivity contribution in [2.24, 2.45) is 12.8 Å². The summed E-state index contributed by atoms with van der Waals surface area (Å²) in [6, 6.07) is 2.05. The molecule has 1 fully saturated rings. The minimum absolute atomic E-state index is 0.0696. The summed E-state index contributed by atoms with van der Waals surface area (Å²) in [6.45, 7) is 4.16. The van der Waals surface area contributed by atoms with Crippen LogP contribution in [-0.4, -0.2) is 38.2 Å². The Kier molecular flexibility index (Phi) is 3.58. The van der Waals surface area contributed by atoms with E-state index in [2.05, 4.69) is 14.9 Å². The number of rotatable bonds is 2. The number of nitrogens with two attached hydrogens (primary N) is 1. The summed E-state index contributed by atoms with van der Waals surface area (Å²) in [5.74, 6) is 0.785. The van der Waals surface area contributed by atoms with Gasteiger partial charge in [-0.3, -0.25) is 9.36 Å². The molecular formula is C14H19N7O. The summed E-state index contributed by atoms with van der Waals surface area (Å²) in [5, 5.41) is 9.09. The zero-order chi connectivity index (χ0) is 15.9. The molecule has 0 amide bonds. The number of nitriles is 1. The standard InChI is InChI=1S/C14H19N7O/c1-3-21-11-12(17-10(7-15)19(2)13(11)22)18-14(21)20-6-4-5-9(16)8-20/h9H,3-6,8,16H2,1-2H3. The largest absolute Gasteiger partial charge is 0.341 e. The number of hydrogen-bond donors (Lipinski definition) is 1. The molecule has 3 heterocycles. The molecule has 116 valence electrons. The number of imidazole rings is 1. The van der Waals surface area contributed by atoms with E-state index in [0.717, 1.165) is 25.9 Å². The highest BCUT2D eigenvalue weighted by molar-refractivity contribution is 5.74. The van der Waals surface area contributed by atoms with Crippen molar-refractivity contribution in [1.82, 2.24) is 19.1 Å². The van der Waals surface area contributed by atoms with E-state index >= 15 is 0 Å². The molecule has 0 radical (unpaired) electrons. The number of piperidine rings is 1. The molecule has 0 spiro atoms. The molecule has 1 aliphatic heterocycles. The van der Waals surface area contributed by atoms with E-state index < -0.39 is 0 Å². The molecule has 0 bridgehead atoms. The van der Waals surface area contributed by atoms with Crippen LogP contribution in [0.4, 0.5) is 5.95 Å². The highest BCUT2D eigenvalue weighted by Gasteiger charge is 2.24. The summed E-state index contributed by atoms with van der Waals surface area (Å²) in [5.41, 5.74) is 6.57. The summed E-state index contributed by atoms with van der Waals surface area (Å²) in [7, 11) is 1.55. The third kappa shape index (κ3) is 2.14. The van der Waals surface area contributed by atoms with E-state index in [-0.39, 0.29) is 17.4 Å². The zero-order valence-corrected chi connectivity index (χ0v) is 12.8. The summed E-state index contributed by atoms with van der Waals surface area (Å²) in [4.78, 5) is 23.3. The van der Waals surface area contributed by atoms with Gasteiger partial charge in [0.1, 0.15) is 6.07 Å². The normalized spacial score (nSPS) is 18.6. The first-order valence-electron chi connectivity index (χ1n) is 7.44. The van der Waals surface area contributed by atoms with Crippen LogP contribution in [0.2, 0.25) is 0 Å². The van der Waals surface area contributed by atoms with Crippen LogP contribution >= 0.6 is 0 Å². The van der Waals surface area contributed by atoms with Gasteiger partial charge in [0.05, 0.1) is 0 Å². The lowest BCUT2D eigenvalue weighted by molar-refractivity contribution is 0.494. The number of aromatic nitrogens is 4. The fourth-order valence-electron chi connectivity index (χ4n) is 2.98. The number of fused-ring (bicyclic) bond motifs is 1. The summed E-state index contributed by atoms with van der Waals surface area (Å²) < 4.78 is 3.13. The molecule has 22 heavy (non-hydrogen) atoms. The molecule has 3 rings (SSSR count). The van der Waals surface area contributed by atoms with E-state index in [9.17, 15) is 4.79 Å². The number of nitrogens with zero attached hydrogens (tertiary/aromatic N) is 6. The van der Waals surface area contributed by atoms with Crippen LogP contribution in [0.25, 0.3) is 11.2 Å². The van der Waals surface area contributed by atoms with E-state index in [4.69, 9.17) is 11.0 Å². The quantitative estimate of drug-likeness (QED) is 0.833. The van der Waals surface area contributed by atoms with Crippen molar-refractivity contribution in [3.05, 3.63) is 16.2 Å². The Morgan fingerprint density at radius 3 is 2.86 bits per heavy atom. The lowest BCUT2D eigenvalue weighted by Gasteiger charge is -2.31. The maximum absolute atomic E-state index is 12.5. The minimum atomic E-state index is -0.247. The van der Waals surface area contributed by atoms with Gasteiger partial charge in [0.2, 0.25) is 11.8 Å². The highest BCUT2D eigenvalue weighted by atomic mass is 16.1. The van der Waals surface area contributed by atoms with Crippen molar-refractivity contribution in [3.8, 4) is 6.07 Å². The third-order valence-corrected chi connectivity index (χ3v) is 4.12. The van der Waals surface area contributed by atoms with Crippen LogP contribution in [0.3, 0.4) is 0 Å². The Bertz CT molecular complexity index is 813. The Hall–Kier alpha value is -2.40. The Balaban J connectivity index is 2.22. The van der Waals surface area contributed by atoms with Crippen LogP contribution < -0.4 is 16.2 Å². The molecule has 2 aromatic rings. The van der Waals surface area contributed by atoms with Gasteiger partial charge < -0.3 is 15.2 Å². The summed E-state index contributed by atoms with van der Waals surface area (Å²) in [6.07, 6.45) is 2.00. The van der Waals surface area contributed by atoms with Gasteiger partial charge in [0.15, 0.2) is 11.2 Å². The predicted octanol–water partition coefficient (Wildman–Crippen LogP) is -0.0509. The molecular weight excluding hydrogens is 282 g/mol. The number of aryl methyl sites for hydroxylation is 1. The van der Waals surface area contributed by atoms with Crippen molar-refractivity contribution in [1.29, 1.82) is 5.26 Å². The van der Waals surface area contributed by atoms with Crippen molar-refractivity contribution >= 4 is 17.1 Å². The van der Waals surface area contributed by atoms with Crippen molar-refractivity contribution < 1.29 is 0 Å². The van der Waals surface area contributed by atoms with E-state index in [1.54, 1.807) is 7.05 Å². The second-order valence-corrected chi connectivity index (χ2v) is 5.59.